The number of carbonyl (C=O) groups excluding carboxylic acids is 3. The number of carboxylic acids is 1. The maximum atomic E-state index is 13.0. The smallest absolute Gasteiger partial charge is 0.326 e. The highest BCUT2D eigenvalue weighted by Crippen LogP contribution is 2.07. The molecular weight excluding hydrogens is 464 g/mol. The number of nitrogens with two attached hydrogens (primary N) is 4. The molecule has 196 valence electrons. The first-order valence-electron chi connectivity index (χ1n) is 11.2. The largest absolute Gasteiger partial charge is 0.480 e. The van der Waals surface area contributed by atoms with E-state index in [0.717, 1.165) is 0 Å². The normalized spacial score (nSPS) is 14.4. The second-order valence-electron chi connectivity index (χ2n) is 8.21. The Morgan fingerprint density at radius 1 is 0.912 bits per heavy atom. The molecule has 12 N–H and O–H groups in total. The first-order chi connectivity index (χ1) is 15.9. The van der Waals surface area contributed by atoms with Crippen LogP contribution in [0.4, 0.5) is 0 Å². The molecule has 34 heavy (non-hydrogen) atoms. The van der Waals surface area contributed by atoms with Gasteiger partial charge in [0.25, 0.3) is 0 Å². The molecule has 0 aromatic heterocycles. The minimum atomic E-state index is -1.19. The summed E-state index contributed by atoms with van der Waals surface area (Å²) in [6, 6.07) is -4.08. The van der Waals surface area contributed by atoms with E-state index in [1.54, 1.807) is 13.8 Å². The van der Waals surface area contributed by atoms with Crippen LogP contribution in [0, 0.1) is 5.92 Å². The van der Waals surface area contributed by atoms with Gasteiger partial charge < -0.3 is 44.0 Å². The number of aliphatic imine (C=N–C) groups is 1. The van der Waals surface area contributed by atoms with Crippen molar-refractivity contribution in [3.8, 4) is 0 Å². The monoisotopic (exact) mass is 504 g/mol. The van der Waals surface area contributed by atoms with Gasteiger partial charge in [-0.3, -0.25) is 19.4 Å². The summed E-state index contributed by atoms with van der Waals surface area (Å²) in [5.74, 6) is -3.42. The molecule has 0 rings (SSSR count). The van der Waals surface area contributed by atoms with Crippen molar-refractivity contribution in [1.29, 1.82) is 0 Å². The third kappa shape index (κ3) is 12.6. The summed E-state index contributed by atoms with van der Waals surface area (Å²) in [7, 11) is 0. The van der Waals surface area contributed by atoms with Crippen molar-refractivity contribution < 1.29 is 24.3 Å². The Labute approximate surface area is 205 Å². The molecule has 0 saturated heterocycles. The number of aliphatic carboxylic acids is 1. The van der Waals surface area contributed by atoms with Crippen LogP contribution >= 0.6 is 12.6 Å². The summed E-state index contributed by atoms with van der Waals surface area (Å²) in [5, 5.41) is 17.0. The first-order valence-corrected chi connectivity index (χ1v) is 11.8. The van der Waals surface area contributed by atoms with Gasteiger partial charge in [0.15, 0.2) is 5.96 Å². The number of unbranched alkanes of at least 4 members (excludes halogenated alkanes) is 1. The molecule has 0 aromatic rings. The third-order valence-electron chi connectivity index (χ3n) is 4.92. The minimum absolute atomic E-state index is 0.0879. The van der Waals surface area contributed by atoms with E-state index in [0.29, 0.717) is 25.8 Å². The van der Waals surface area contributed by atoms with Gasteiger partial charge in [0.05, 0.1) is 6.04 Å². The Bertz CT molecular complexity index is 702. The van der Waals surface area contributed by atoms with Crippen molar-refractivity contribution in [2.24, 2.45) is 33.8 Å². The van der Waals surface area contributed by atoms with Crippen molar-refractivity contribution in [2.75, 3.05) is 18.8 Å². The molecule has 0 bridgehead atoms. The summed E-state index contributed by atoms with van der Waals surface area (Å²) >= 11 is 3.99. The number of thiol groups is 1. The lowest BCUT2D eigenvalue weighted by molar-refractivity contribution is -0.143. The zero-order valence-corrected chi connectivity index (χ0v) is 20.7. The SMILES string of the molecule is CC(C)C(NC(=O)C(CCCN=C(N)N)NC(=O)C(CCCCN)NC(=O)C(N)CS)C(=O)O. The highest BCUT2D eigenvalue weighted by Gasteiger charge is 2.30. The Morgan fingerprint density at radius 2 is 1.44 bits per heavy atom. The van der Waals surface area contributed by atoms with E-state index < -0.39 is 47.9 Å². The third-order valence-corrected chi connectivity index (χ3v) is 5.32. The fraction of sp³-hybridized carbons (Fsp3) is 0.750. The summed E-state index contributed by atoms with van der Waals surface area (Å²) in [6.07, 6.45) is 1.94. The summed E-state index contributed by atoms with van der Waals surface area (Å²) in [5.41, 5.74) is 21.8. The number of nitrogens with one attached hydrogen (secondary N) is 3. The summed E-state index contributed by atoms with van der Waals surface area (Å²) < 4.78 is 0. The Balaban J connectivity index is 5.56. The predicted molar refractivity (Wildman–Crippen MR) is 133 cm³/mol. The fourth-order valence-corrected chi connectivity index (χ4v) is 3.10. The van der Waals surface area contributed by atoms with E-state index in [1.807, 2.05) is 0 Å². The van der Waals surface area contributed by atoms with Gasteiger partial charge in [0.2, 0.25) is 17.7 Å². The number of guanidine groups is 1. The standard InChI is InChI=1S/C20H40N8O5S/c1-11(2)15(19(32)33)28-18(31)14(7-5-9-25-20(23)24)27-17(30)13(6-3-4-8-21)26-16(29)12(22)10-34/h11-15,34H,3-10,21-22H2,1-2H3,(H,26,29)(H,27,30)(H,28,31)(H,32,33)(H4,23,24,25). The van der Waals surface area contributed by atoms with Gasteiger partial charge in [-0.05, 0) is 44.6 Å². The first kappa shape index (κ1) is 31.4. The molecule has 0 aliphatic heterocycles. The van der Waals surface area contributed by atoms with E-state index in [4.69, 9.17) is 22.9 Å². The van der Waals surface area contributed by atoms with Crippen molar-refractivity contribution in [1.82, 2.24) is 16.0 Å². The average Bonchev–Trinajstić information content (AvgIpc) is 2.77. The molecule has 0 spiro atoms. The van der Waals surface area contributed by atoms with Crippen LogP contribution in [0.5, 0.6) is 0 Å². The lowest BCUT2D eigenvalue weighted by Crippen LogP contribution is -2.57. The predicted octanol–water partition coefficient (Wildman–Crippen LogP) is -2.38. The van der Waals surface area contributed by atoms with Crippen molar-refractivity contribution in [3.05, 3.63) is 0 Å². The van der Waals surface area contributed by atoms with Crippen LogP contribution in [0.1, 0.15) is 46.0 Å². The van der Waals surface area contributed by atoms with Crippen LogP contribution in [0.15, 0.2) is 4.99 Å². The molecule has 0 radical (unpaired) electrons. The maximum absolute atomic E-state index is 13.0. The van der Waals surface area contributed by atoms with Gasteiger partial charge in [-0.1, -0.05) is 13.8 Å². The van der Waals surface area contributed by atoms with Crippen molar-refractivity contribution >= 4 is 42.3 Å². The summed E-state index contributed by atoms with van der Waals surface area (Å²) in [6.45, 7) is 3.93. The zero-order valence-electron chi connectivity index (χ0n) is 19.8. The van der Waals surface area contributed by atoms with E-state index in [2.05, 4.69) is 33.6 Å². The lowest BCUT2D eigenvalue weighted by Gasteiger charge is -2.26. The van der Waals surface area contributed by atoms with E-state index in [1.165, 1.54) is 0 Å². The van der Waals surface area contributed by atoms with Crippen LogP contribution < -0.4 is 38.9 Å². The van der Waals surface area contributed by atoms with Gasteiger partial charge in [-0.2, -0.15) is 12.6 Å². The maximum Gasteiger partial charge on any atom is 0.326 e. The van der Waals surface area contributed by atoms with E-state index >= 15 is 0 Å². The number of nitrogens with zero attached hydrogens (tertiary/aromatic N) is 1. The zero-order chi connectivity index (χ0) is 26.3. The molecule has 0 aromatic carbocycles. The number of carbonyl (C=O) groups is 4. The Hall–Kier alpha value is -2.58. The second kappa shape index (κ2) is 16.9. The van der Waals surface area contributed by atoms with Gasteiger partial charge in [-0.15, -0.1) is 0 Å². The molecule has 4 unspecified atom stereocenters. The Morgan fingerprint density at radius 3 is 1.91 bits per heavy atom. The van der Waals surface area contributed by atoms with Gasteiger partial charge in [0, 0.05) is 12.3 Å². The molecule has 3 amide bonds. The molecule has 0 saturated carbocycles. The molecule has 0 aliphatic rings. The minimum Gasteiger partial charge on any atom is -0.480 e. The average molecular weight is 505 g/mol. The molecule has 0 aliphatic carbocycles. The van der Waals surface area contributed by atoms with Crippen LogP contribution in [0.2, 0.25) is 0 Å². The van der Waals surface area contributed by atoms with Crippen molar-refractivity contribution in [2.45, 2.75) is 70.1 Å². The highest BCUT2D eigenvalue weighted by atomic mass is 32.1. The topological polar surface area (TPSA) is 241 Å². The summed E-state index contributed by atoms with van der Waals surface area (Å²) in [4.78, 5) is 53.5. The lowest BCUT2D eigenvalue weighted by atomic mass is 10.0. The van der Waals surface area contributed by atoms with Crippen LogP contribution in [-0.2, 0) is 19.2 Å². The highest BCUT2D eigenvalue weighted by molar-refractivity contribution is 7.80. The number of rotatable bonds is 17. The van der Waals surface area contributed by atoms with Gasteiger partial charge in [0.1, 0.15) is 18.1 Å². The van der Waals surface area contributed by atoms with Gasteiger partial charge >= 0.3 is 5.97 Å². The molecule has 14 heteroatoms. The fourth-order valence-electron chi connectivity index (χ4n) is 2.94. The second-order valence-corrected chi connectivity index (χ2v) is 8.58. The van der Waals surface area contributed by atoms with Crippen LogP contribution in [-0.4, -0.2) is 77.8 Å². The van der Waals surface area contributed by atoms with Gasteiger partial charge in [-0.25, -0.2) is 4.79 Å². The Kier molecular flexibility index (Phi) is 15.7. The van der Waals surface area contributed by atoms with Crippen LogP contribution in [0.3, 0.4) is 0 Å². The molecule has 13 nitrogen and oxygen atoms in total. The molecule has 4 atom stereocenters. The quantitative estimate of drug-likeness (QED) is 0.0444. The number of hydrogen-bond donors (Lipinski definition) is 9. The van der Waals surface area contributed by atoms with Crippen LogP contribution in [0.25, 0.3) is 0 Å². The number of amides is 3. The number of hydrogen-bond acceptors (Lipinski definition) is 8. The van der Waals surface area contributed by atoms with Crippen molar-refractivity contribution in [3.63, 3.8) is 0 Å². The van der Waals surface area contributed by atoms with E-state index in [9.17, 15) is 24.3 Å². The molecule has 0 heterocycles. The number of carboxylic acid groups (broad SMARTS) is 1. The molecular formula is C20H40N8O5S. The van der Waals surface area contributed by atoms with E-state index in [-0.39, 0.29) is 37.0 Å². The molecule has 0 fully saturated rings.